The molecule has 0 fully saturated rings. The van der Waals surface area contributed by atoms with Gasteiger partial charge in [-0.3, -0.25) is 4.79 Å². The molecule has 0 spiro atoms. The van der Waals surface area contributed by atoms with Crippen LogP contribution in [0.4, 0.5) is 5.69 Å². The molecular formula is C14H8N4O4. The van der Waals surface area contributed by atoms with Gasteiger partial charge < -0.3 is 10.2 Å². The second-order valence-corrected chi connectivity index (χ2v) is 4.09. The monoisotopic (exact) mass is 296 g/mol. The van der Waals surface area contributed by atoms with Gasteiger partial charge in [-0.1, -0.05) is 0 Å². The van der Waals surface area contributed by atoms with Crippen molar-refractivity contribution in [3.63, 3.8) is 0 Å². The number of phenolic OH excluding ortho intramolecular Hbond substituents is 2. The molecule has 0 atom stereocenters. The van der Waals surface area contributed by atoms with Crippen LogP contribution in [-0.4, -0.2) is 26.0 Å². The molecule has 22 heavy (non-hydrogen) atoms. The Labute approximate surface area is 124 Å². The highest BCUT2D eigenvalue weighted by atomic mass is 16.3. The molecule has 0 aliphatic heterocycles. The summed E-state index contributed by atoms with van der Waals surface area (Å²) >= 11 is 0. The van der Waals surface area contributed by atoms with Crippen molar-refractivity contribution in [3.05, 3.63) is 52.5 Å². The van der Waals surface area contributed by atoms with Crippen LogP contribution in [0.15, 0.2) is 41.5 Å². The minimum Gasteiger partial charge on any atom is -0.504 e. The molecule has 108 valence electrons. The van der Waals surface area contributed by atoms with Crippen molar-refractivity contribution in [1.29, 1.82) is 5.26 Å². The van der Waals surface area contributed by atoms with E-state index in [0.717, 1.165) is 18.2 Å². The van der Waals surface area contributed by atoms with E-state index in [2.05, 4.69) is 15.1 Å². The summed E-state index contributed by atoms with van der Waals surface area (Å²) in [7, 11) is 0. The highest BCUT2D eigenvalue weighted by Gasteiger charge is 2.15. The molecule has 0 saturated carbocycles. The average molecular weight is 296 g/mol. The van der Waals surface area contributed by atoms with E-state index in [4.69, 9.17) is 5.26 Å². The molecule has 1 aromatic carbocycles. The van der Waals surface area contributed by atoms with Crippen molar-refractivity contribution in [2.24, 2.45) is 5.18 Å². The Morgan fingerprint density at radius 1 is 1.36 bits per heavy atom. The number of Topliss-reactive ketones (excluding diaryl/α,β-unsaturated/α-hetero) is 1. The normalized spacial score (nSPS) is 10.8. The first kappa shape index (κ1) is 14.8. The standard InChI is InChI=1S/C14H8N4O4/c15-6-9(13(20)10-1-2-16-7-17-10)3-8-4-11(18-22)14(21)12(19)5-8/h1-5,7,19,21H/b9-3+. The van der Waals surface area contributed by atoms with Crippen LogP contribution >= 0.6 is 0 Å². The summed E-state index contributed by atoms with van der Waals surface area (Å²) < 4.78 is 0. The van der Waals surface area contributed by atoms with Crippen molar-refractivity contribution in [3.8, 4) is 17.6 Å². The third kappa shape index (κ3) is 2.94. The number of hydrogen-bond acceptors (Lipinski definition) is 8. The van der Waals surface area contributed by atoms with E-state index < -0.39 is 23.0 Å². The Kier molecular flexibility index (Phi) is 4.19. The number of ketones is 1. The number of benzene rings is 1. The molecule has 2 N–H and O–H groups in total. The largest absolute Gasteiger partial charge is 0.504 e. The van der Waals surface area contributed by atoms with Crippen molar-refractivity contribution in [2.45, 2.75) is 0 Å². The van der Waals surface area contributed by atoms with Crippen LogP contribution in [0.2, 0.25) is 0 Å². The summed E-state index contributed by atoms with van der Waals surface area (Å²) in [5.74, 6) is -1.90. The van der Waals surface area contributed by atoms with E-state index in [1.165, 1.54) is 18.6 Å². The molecule has 8 heteroatoms. The summed E-state index contributed by atoms with van der Waals surface area (Å²) in [6.45, 7) is 0. The van der Waals surface area contributed by atoms with Crippen LogP contribution in [0.25, 0.3) is 6.08 Å². The van der Waals surface area contributed by atoms with Gasteiger partial charge in [-0.15, -0.1) is 4.91 Å². The highest BCUT2D eigenvalue weighted by molar-refractivity contribution is 6.12. The summed E-state index contributed by atoms with van der Waals surface area (Å²) in [6, 6.07) is 5.29. The fourth-order valence-corrected chi connectivity index (χ4v) is 1.66. The SMILES string of the molecule is N#C/C(=C\c1cc(O)c(O)c(N=O)c1)C(=O)c1ccncn1. The molecule has 1 heterocycles. The number of rotatable bonds is 4. The number of carbonyl (C=O) groups is 1. The predicted molar refractivity (Wildman–Crippen MR) is 75.2 cm³/mol. The zero-order valence-corrected chi connectivity index (χ0v) is 11.0. The molecule has 2 aromatic rings. The average Bonchev–Trinajstić information content (AvgIpc) is 2.55. The molecule has 0 amide bonds. The van der Waals surface area contributed by atoms with Gasteiger partial charge in [0.2, 0.25) is 5.78 Å². The number of nitroso groups, excluding NO2 is 1. The van der Waals surface area contributed by atoms with E-state index in [1.807, 2.05) is 0 Å². The fourth-order valence-electron chi connectivity index (χ4n) is 1.66. The first-order chi connectivity index (χ1) is 10.6. The summed E-state index contributed by atoms with van der Waals surface area (Å²) in [4.78, 5) is 30.1. The number of hydrogen-bond donors (Lipinski definition) is 2. The molecule has 0 aliphatic rings. The Morgan fingerprint density at radius 2 is 2.14 bits per heavy atom. The number of phenols is 2. The van der Waals surface area contributed by atoms with E-state index in [-0.39, 0.29) is 16.8 Å². The number of carbonyl (C=O) groups excluding carboxylic acids is 1. The molecule has 0 bridgehead atoms. The Bertz CT molecular complexity index is 810. The van der Waals surface area contributed by atoms with Gasteiger partial charge in [-0.25, -0.2) is 9.97 Å². The molecule has 2 rings (SSSR count). The smallest absolute Gasteiger partial charge is 0.221 e. The second-order valence-electron chi connectivity index (χ2n) is 4.09. The van der Waals surface area contributed by atoms with E-state index in [0.29, 0.717) is 0 Å². The van der Waals surface area contributed by atoms with Crippen LogP contribution in [-0.2, 0) is 0 Å². The van der Waals surface area contributed by atoms with E-state index >= 15 is 0 Å². The molecule has 1 aromatic heterocycles. The summed E-state index contributed by atoms with van der Waals surface area (Å²) in [5, 5.41) is 30.5. The maximum Gasteiger partial charge on any atom is 0.221 e. The van der Waals surface area contributed by atoms with Gasteiger partial charge in [0, 0.05) is 6.20 Å². The molecule has 0 radical (unpaired) electrons. The van der Waals surface area contributed by atoms with Crippen LogP contribution in [0.5, 0.6) is 11.5 Å². The van der Waals surface area contributed by atoms with E-state index in [9.17, 15) is 19.9 Å². The lowest BCUT2D eigenvalue weighted by Gasteiger charge is -2.03. The van der Waals surface area contributed by atoms with Gasteiger partial charge in [0.25, 0.3) is 0 Å². The predicted octanol–water partition coefficient (Wildman–Crippen LogP) is 2.08. The van der Waals surface area contributed by atoms with Gasteiger partial charge in [-0.05, 0) is 35.0 Å². The van der Waals surface area contributed by atoms with Crippen LogP contribution in [0.1, 0.15) is 16.1 Å². The van der Waals surface area contributed by atoms with Crippen LogP contribution in [0, 0.1) is 16.2 Å². The second kappa shape index (κ2) is 6.23. The summed E-state index contributed by atoms with van der Waals surface area (Å²) in [6.07, 6.45) is 3.68. The first-order valence-corrected chi connectivity index (χ1v) is 5.88. The number of nitriles is 1. The Balaban J connectivity index is 2.46. The van der Waals surface area contributed by atoms with Crippen molar-refractivity contribution >= 4 is 17.5 Å². The number of allylic oxidation sites excluding steroid dienone is 1. The van der Waals surface area contributed by atoms with E-state index in [1.54, 1.807) is 6.07 Å². The number of aromatic hydroxyl groups is 2. The van der Waals surface area contributed by atoms with Gasteiger partial charge in [0.15, 0.2) is 17.2 Å². The maximum atomic E-state index is 12.1. The minimum absolute atomic E-state index is 0.0273. The molecule has 0 aliphatic carbocycles. The van der Waals surface area contributed by atoms with Gasteiger partial charge in [0.05, 0.1) is 0 Å². The summed E-state index contributed by atoms with van der Waals surface area (Å²) in [5.41, 5.74) is -0.484. The van der Waals surface area contributed by atoms with Gasteiger partial charge in [0.1, 0.15) is 23.7 Å². The zero-order valence-electron chi connectivity index (χ0n) is 11.0. The lowest BCUT2D eigenvalue weighted by Crippen LogP contribution is -2.04. The molecular weight excluding hydrogens is 288 g/mol. The quantitative estimate of drug-likeness (QED) is 0.289. The van der Waals surface area contributed by atoms with Gasteiger partial charge in [-0.2, -0.15) is 5.26 Å². The fraction of sp³-hybridized carbons (Fsp3) is 0. The lowest BCUT2D eigenvalue weighted by molar-refractivity contribution is 0.103. The molecule has 0 saturated heterocycles. The third-order valence-corrected chi connectivity index (χ3v) is 2.68. The Morgan fingerprint density at radius 3 is 2.73 bits per heavy atom. The van der Waals surface area contributed by atoms with Crippen LogP contribution < -0.4 is 0 Å². The number of aromatic nitrogens is 2. The third-order valence-electron chi connectivity index (χ3n) is 2.68. The van der Waals surface area contributed by atoms with Crippen LogP contribution in [0.3, 0.4) is 0 Å². The lowest BCUT2D eigenvalue weighted by atomic mass is 10.0. The molecule has 8 nitrogen and oxygen atoms in total. The molecule has 0 unspecified atom stereocenters. The van der Waals surface area contributed by atoms with Gasteiger partial charge >= 0.3 is 0 Å². The van der Waals surface area contributed by atoms with Crippen molar-refractivity contribution in [2.75, 3.05) is 0 Å². The number of nitrogens with zero attached hydrogens (tertiary/aromatic N) is 4. The minimum atomic E-state index is -0.673. The maximum absolute atomic E-state index is 12.1. The topological polar surface area (TPSA) is 137 Å². The van der Waals surface area contributed by atoms with Crippen molar-refractivity contribution < 1.29 is 15.0 Å². The first-order valence-electron chi connectivity index (χ1n) is 5.88. The zero-order chi connectivity index (χ0) is 16.1. The Hall–Kier alpha value is -3.60. The van der Waals surface area contributed by atoms with Crippen molar-refractivity contribution in [1.82, 2.24) is 9.97 Å². The highest BCUT2D eigenvalue weighted by Crippen LogP contribution is 2.37.